The minimum atomic E-state index is -0.0885. The van der Waals surface area contributed by atoms with Crippen molar-refractivity contribution >= 4 is 17.3 Å². The number of hydrogen-bond acceptors (Lipinski definition) is 5. The molecule has 2 aliphatic rings. The highest BCUT2D eigenvalue weighted by molar-refractivity contribution is 7.80. The highest BCUT2D eigenvalue weighted by Gasteiger charge is 2.41. The average molecular weight is 473 g/mol. The van der Waals surface area contributed by atoms with E-state index < -0.39 is 0 Å². The van der Waals surface area contributed by atoms with E-state index in [-0.39, 0.29) is 18.9 Å². The lowest BCUT2D eigenvalue weighted by Crippen LogP contribution is -2.29. The number of nitrogens with zero attached hydrogens (tertiary/aromatic N) is 3. The van der Waals surface area contributed by atoms with Gasteiger partial charge in [0.15, 0.2) is 16.6 Å². The Morgan fingerprint density at radius 3 is 2.74 bits per heavy atom. The van der Waals surface area contributed by atoms with E-state index in [0.29, 0.717) is 11.7 Å². The van der Waals surface area contributed by atoms with Crippen molar-refractivity contribution in [2.45, 2.75) is 32.5 Å². The Bertz CT molecular complexity index is 1350. The maximum Gasteiger partial charge on any atom is 0.231 e. The van der Waals surface area contributed by atoms with Gasteiger partial charge in [0.25, 0.3) is 0 Å². The highest BCUT2D eigenvalue weighted by Crippen LogP contribution is 2.43. The van der Waals surface area contributed by atoms with Crippen LogP contribution in [0.3, 0.4) is 0 Å². The molecule has 0 amide bonds. The molecule has 1 saturated heterocycles. The molecular formula is C26H24N4O3S. The van der Waals surface area contributed by atoms with Gasteiger partial charge < -0.3 is 28.7 Å². The molecule has 2 unspecified atom stereocenters. The van der Waals surface area contributed by atoms with Crippen molar-refractivity contribution in [1.82, 2.24) is 19.8 Å². The summed E-state index contributed by atoms with van der Waals surface area (Å²) in [5.74, 6) is 2.40. The van der Waals surface area contributed by atoms with Crippen LogP contribution in [0.2, 0.25) is 0 Å². The average Bonchev–Trinajstić information content (AvgIpc) is 3.63. The fourth-order valence-corrected chi connectivity index (χ4v) is 5.30. The first kappa shape index (κ1) is 20.8. The van der Waals surface area contributed by atoms with Gasteiger partial charge in [-0.2, -0.15) is 0 Å². The molecule has 0 bridgehead atoms. The first-order chi connectivity index (χ1) is 16.6. The number of ether oxygens (including phenoxy) is 2. The van der Waals surface area contributed by atoms with E-state index in [2.05, 4.69) is 45.7 Å². The van der Waals surface area contributed by atoms with Crippen LogP contribution in [0.4, 0.5) is 0 Å². The normalized spacial score (nSPS) is 19.0. The quantitative estimate of drug-likeness (QED) is 0.411. The summed E-state index contributed by atoms with van der Waals surface area (Å²) in [6, 6.07) is 18.0. The van der Waals surface area contributed by atoms with Crippen molar-refractivity contribution in [3.05, 3.63) is 95.5 Å². The zero-order chi connectivity index (χ0) is 23.2. The summed E-state index contributed by atoms with van der Waals surface area (Å²) in [5, 5.41) is 4.20. The topological polar surface area (TPSA) is 64.7 Å². The van der Waals surface area contributed by atoms with Crippen LogP contribution in [0, 0.1) is 13.8 Å². The molecule has 172 valence electrons. The van der Waals surface area contributed by atoms with Gasteiger partial charge in [-0.15, -0.1) is 0 Å². The predicted molar refractivity (Wildman–Crippen MR) is 131 cm³/mol. The molecule has 2 aliphatic heterocycles. The minimum absolute atomic E-state index is 0.0542. The lowest BCUT2D eigenvalue weighted by molar-refractivity contribution is 0.174. The highest BCUT2D eigenvalue weighted by atomic mass is 32.1. The molecule has 4 aromatic rings. The summed E-state index contributed by atoms with van der Waals surface area (Å²) < 4.78 is 19.0. The Hall–Kier alpha value is -3.78. The maximum atomic E-state index is 5.81. The van der Waals surface area contributed by atoms with E-state index >= 15 is 0 Å². The van der Waals surface area contributed by atoms with Crippen LogP contribution < -0.4 is 14.8 Å². The van der Waals surface area contributed by atoms with E-state index in [1.165, 1.54) is 5.56 Å². The van der Waals surface area contributed by atoms with Gasteiger partial charge in [-0.25, -0.2) is 0 Å². The summed E-state index contributed by atoms with van der Waals surface area (Å²) in [7, 11) is 0. The molecule has 5 heterocycles. The second-order valence-electron chi connectivity index (χ2n) is 8.53. The summed E-state index contributed by atoms with van der Waals surface area (Å²) >= 11 is 5.81. The van der Waals surface area contributed by atoms with Crippen LogP contribution >= 0.6 is 12.2 Å². The summed E-state index contributed by atoms with van der Waals surface area (Å²) in [6.07, 6.45) is 3.51. The van der Waals surface area contributed by atoms with Gasteiger partial charge in [-0.1, -0.05) is 6.07 Å². The Kier molecular flexibility index (Phi) is 5.03. The number of fused-ring (bicyclic) bond motifs is 1. The Balaban J connectivity index is 1.45. The SMILES string of the molecule is Cc1cc(C2C(c3ccccn3)NC(=S)N2Cc2ccco2)c(C)n1-c1ccc2c(c1)OCO2. The zero-order valence-corrected chi connectivity index (χ0v) is 19.7. The van der Waals surface area contributed by atoms with Gasteiger partial charge in [0.05, 0.1) is 30.6 Å². The number of nitrogens with one attached hydrogen (secondary N) is 1. The van der Waals surface area contributed by atoms with Crippen molar-refractivity contribution in [3.8, 4) is 17.2 Å². The van der Waals surface area contributed by atoms with E-state index in [0.717, 1.165) is 40.0 Å². The molecule has 0 spiro atoms. The summed E-state index contributed by atoms with van der Waals surface area (Å²) in [4.78, 5) is 6.84. The lowest BCUT2D eigenvalue weighted by Gasteiger charge is -2.27. The number of benzene rings is 1. The van der Waals surface area contributed by atoms with E-state index in [1.807, 2.05) is 48.7 Å². The van der Waals surface area contributed by atoms with Crippen molar-refractivity contribution in [1.29, 1.82) is 0 Å². The molecule has 34 heavy (non-hydrogen) atoms. The largest absolute Gasteiger partial charge is 0.467 e. The van der Waals surface area contributed by atoms with E-state index in [9.17, 15) is 0 Å². The third-order valence-electron chi connectivity index (χ3n) is 6.51. The fourth-order valence-electron chi connectivity index (χ4n) is 4.99. The van der Waals surface area contributed by atoms with Crippen LogP contribution in [0.15, 0.2) is 71.5 Å². The van der Waals surface area contributed by atoms with Crippen LogP contribution in [0.1, 0.15) is 40.5 Å². The number of hydrogen-bond donors (Lipinski definition) is 1. The number of pyridine rings is 1. The first-order valence-electron chi connectivity index (χ1n) is 11.2. The molecule has 6 rings (SSSR count). The second kappa shape index (κ2) is 8.22. The number of thiocarbonyl (C=S) groups is 1. The molecule has 8 heteroatoms. The second-order valence-corrected chi connectivity index (χ2v) is 8.92. The molecule has 1 N–H and O–H groups in total. The number of aryl methyl sites for hydroxylation is 1. The van der Waals surface area contributed by atoms with Crippen molar-refractivity contribution in [3.63, 3.8) is 0 Å². The van der Waals surface area contributed by atoms with Crippen molar-refractivity contribution in [2.75, 3.05) is 6.79 Å². The minimum Gasteiger partial charge on any atom is -0.467 e. The van der Waals surface area contributed by atoms with Gasteiger partial charge >= 0.3 is 0 Å². The van der Waals surface area contributed by atoms with Gasteiger partial charge in [0.2, 0.25) is 6.79 Å². The Morgan fingerprint density at radius 1 is 1.06 bits per heavy atom. The van der Waals surface area contributed by atoms with Gasteiger partial charge in [-0.3, -0.25) is 4.98 Å². The standard InChI is InChI=1S/C26H24N4O3S/c1-16-12-20(17(2)30(16)18-8-9-22-23(13-18)33-15-32-22)25-24(21-7-3-4-10-27-21)28-26(34)29(25)14-19-6-5-11-31-19/h3-13,24-25H,14-15H2,1-2H3,(H,28,34). The lowest BCUT2D eigenvalue weighted by atomic mass is 9.96. The summed E-state index contributed by atoms with van der Waals surface area (Å²) in [6.45, 7) is 5.09. The van der Waals surface area contributed by atoms with Crippen LogP contribution in [0.25, 0.3) is 5.69 Å². The first-order valence-corrected chi connectivity index (χ1v) is 11.6. The van der Waals surface area contributed by atoms with Crippen LogP contribution in [-0.2, 0) is 6.54 Å². The third kappa shape index (κ3) is 3.42. The van der Waals surface area contributed by atoms with Crippen LogP contribution in [-0.4, -0.2) is 26.4 Å². The molecule has 1 aromatic carbocycles. The van der Waals surface area contributed by atoms with Crippen molar-refractivity contribution in [2.24, 2.45) is 0 Å². The molecule has 0 saturated carbocycles. The molecule has 2 atom stereocenters. The predicted octanol–water partition coefficient (Wildman–Crippen LogP) is 4.98. The maximum absolute atomic E-state index is 5.81. The zero-order valence-electron chi connectivity index (χ0n) is 18.9. The molecule has 3 aromatic heterocycles. The van der Waals surface area contributed by atoms with E-state index in [4.69, 9.17) is 26.1 Å². The van der Waals surface area contributed by atoms with Gasteiger partial charge in [-0.05, 0) is 74.1 Å². The summed E-state index contributed by atoms with van der Waals surface area (Å²) in [5.41, 5.74) is 5.43. The van der Waals surface area contributed by atoms with Crippen molar-refractivity contribution < 1.29 is 13.9 Å². The monoisotopic (exact) mass is 472 g/mol. The number of aromatic nitrogens is 2. The smallest absolute Gasteiger partial charge is 0.231 e. The van der Waals surface area contributed by atoms with Gasteiger partial charge in [0, 0.05) is 29.3 Å². The molecular weight excluding hydrogens is 448 g/mol. The molecule has 0 aliphatic carbocycles. The van der Waals surface area contributed by atoms with Crippen LogP contribution in [0.5, 0.6) is 11.5 Å². The third-order valence-corrected chi connectivity index (χ3v) is 6.86. The van der Waals surface area contributed by atoms with Gasteiger partial charge in [0.1, 0.15) is 5.76 Å². The Morgan fingerprint density at radius 2 is 1.94 bits per heavy atom. The fraction of sp³-hybridized carbons (Fsp3) is 0.231. The number of furan rings is 1. The Labute approximate surface area is 202 Å². The number of rotatable bonds is 5. The molecule has 7 nitrogen and oxygen atoms in total. The molecule has 0 radical (unpaired) electrons. The van der Waals surface area contributed by atoms with E-state index in [1.54, 1.807) is 6.26 Å². The molecule has 1 fully saturated rings.